The summed E-state index contributed by atoms with van der Waals surface area (Å²) in [6.07, 6.45) is 6.92. The zero-order valence-corrected chi connectivity index (χ0v) is 7.23. The van der Waals surface area contributed by atoms with Crippen molar-refractivity contribution in [3.05, 3.63) is 0 Å². The van der Waals surface area contributed by atoms with Gasteiger partial charge in [-0.1, -0.05) is 6.42 Å². The third-order valence-electron chi connectivity index (χ3n) is 2.80. The molecule has 1 aliphatic carbocycles. The van der Waals surface area contributed by atoms with Gasteiger partial charge in [-0.2, -0.15) is 0 Å². The van der Waals surface area contributed by atoms with Crippen LogP contribution >= 0.6 is 0 Å². The first-order chi connectivity index (χ1) is 5.31. The van der Waals surface area contributed by atoms with Crippen LogP contribution in [0, 0.1) is 0 Å². The van der Waals surface area contributed by atoms with Crippen LogP contribution in [0.2, 0.25) is 0 Å². The van der Waals surface area contributed by atoms with E-state index < -0.39 is 0 Å². The van der Waals surface area contributed by atoms with E-state index in [-0.39, 0.29) is 5.72 Å². The minimum Gasteiger partial charge on any atom is -0.356 e. The number of ether oxygens (including phenoxy) is 1. The average molecular weight is 155 g/mol. The van der Waals surface area contributed by atoms with E-state index in [0.29, 0.717) is 6.10 Å². The summed E-state index contributed by atoms with van der Waals surface area (Å²) in [6.45, 7) is 3.19. The molecule has 2 heteroatoms. The summed E-state index contributed by atoms with van der Waals surface area (Å²) < 4.78 is 5.88. The van der Waals surface area contributed by atoms with Crippen molar-refractivity contribution in [1.29, 1.82) is 0 Å². The van der Waals surface area contributed by atoms with E-state index in [4.69, 9.17) is 4.74 Å². The summed E-state index contributed by atoms with van der Waals surface area (Å²) in [7, 11) is 0. The molecule has 1 unspecified atom stereocenters. The third kappa shape index (κ3) is 1.42. The smallest absolute Gasteiger partial charge is 0.119 e. The molecule has 64 valence electrons. The van der Waals surface area contributed by atoms with E-state index in [1.54, 1.807) is 0 Å². The maximum atomic E-state index is 5.88. The Morgan fingerprint density at radius 3 is 2.55 bits per heavy atom. The summed E-state index contributed by atoms with van der Waals surface area (Å²) in [5.41, 5.74) is 0.0949. The van der Waals surface area contributed by atoms with Crippen LogP contribution in [0.1, 0.15) is 39.0 Å². The van der Waals surface area contributed by atoms with Crippen LogP contribution < -0.4 is 5.32 Å². The first kappa shape index (κ1) is 7.56. The number of rotatable bonds is 0. The van der Waals surface area contributed by atoms with E-state index >= 15 is 0 Å². The van der Waals surface area contributed by atoms with Gasteiger partial charge < -0.3 is 4.74 Å². The molecule has 1 atom stereocenters. The number of nitrogens with one attached hydrogen (secondary N) is 1. The lowest BCUT2D eigenvalue weighted by Gasteiger charge is -2.32. The molecule has 1 aliphatic heterocycles. The van der Waals surface area contributed by atoms with Crippen LogP contribution in [0.3, 0.4) is 0 Å². The molecule has 2 nitrogen and oxygen atoms in total. The molecule has 1 spiro atoms. The van der Waals surface area contributed by atoms with Gasteiger partial charge in [-0.05, 0) is 32.6 Å². The molecule has 1 N–H and O–H groups in total. The standard InChI is InChI=1S/C9H17NO/c1-8-7-10-9(11-8)5-3-2-4-6-9/h8,10H,2-7H2,1H3. The highest BCUT2D eigenvalue weighted by atomic mass is 16.5. The van der Waals surface area contributed by atoms with Gasteiger partial charge in [-0.15, -0.1) is 0 Å². The van der Waals surface area contributed by atoms with Crippen molar-refractivity contribution in [3.8, 4) is 0 Å². The third-order valence-corrected chi connectivity index (χ3v) is 2.80. The van der Waals surface area contributed by atoms with Gasteiger partial charge in [0.05, 0.1) is 6.10 Å². The molecule has 1 saturated heterocycles. The SMILES string of the molecule is CC1CNC2(CCCCC2)O1. The monoisotopic (exact) mass is 155 g/mol. The molecule has 11 heavy (non-hydrogen) atoms. The molecule has 1 saturated carbocycles. The quantitative estimate of drug-likeness (QED) is 0.574. The zero-order valence-electron chi connectivity index (χ0n) is 7.23. The van der Waals surface area contributed by atoms with Crippen molar-refractivity contribution in [2.75, 3.05) is 6.54 Å². The maximum Gasteiger partial charge on any atom is 0.119 e. The van der Waals surface area contributed by atoms with Crippen LogP contribution in [-0.4, -0.2) is 18.4 Å². The highest BCUT2D eigenvalue weighted by molar-refractivity contribution is 4.88. The average Bonchev–Trinajstić information content (AvgIpc) is 2.34. The van der Waals surface area contributed by atoms with E-state index in [0.717, 1.165) is 6.54 Å². The fraction of sp³-hybridized carbons (Fsp3) is 1.00. The molecule has 0 aromatic rings. The van der Waals surface area contributed by atoms with Gasteiger partial charge in [0, 0.05) is 6.54 Å². The second kappa shape index (κ2) is 2.76. The summed E-state index contributed by atoms with van der Waals surface area (Å²) >= 11 is 0. The van der Waals surface area contributed by atoms with Gasteiger partial charge in [0.2, 0.25) is 0 Å². The molecule has 0 aromatic carbocycles. The Labute approximate surface area is 68.3 Å². The highest BCUT2D eigenvalue weighted by Gasteiger charge is 2.38. The fourth-order valence-electron chi connectivity index (χ4n) is 2.22. The summed E-state index contributed by atoms with van der Waals surface area (Å²) in [5, 5.41) is 3.50. The van der Waals surface area contributed by atoms with Crippen LogP contribution in [0.25, 0.3) is 0 Å². The maximum absolute atomic E-state index is 5.88. The largest absolute Gasteiger partial charge is 0.356 e. The Bertz CT molecular complexity index is 135. The van der Waals surface area contributed by atoms with Crippen molar-refractivity contribution >= 4 is 0 Å². The normalized spacial score (nSPS) is 36.3. The van der Waals surface area contributed by atoms with Crippen LogP contribution in [0.15, 0.2) is 0 Å². The van der Waals surface area contributed by atoms with Crippen molar-refractivity contribution in [3.63, 3.8) is 0 Å². The second-order valence-corrected chi connectivity index (χ2v) is 3.86. The highest BCUT2D eigenvalue weighted by Crippen LogP contribution is 2.33. The van der Waals surface area contributed by atoms with Gasteiger partial charge >= 0.3 is 0 Å². The predicted molar refractivity (Wildman–Crippen MR) is 44.4 cm³/mol. The molecule has 2 fully saturated rings. The van der Waals surface area contributed by atoms with Gasteiger partial charge in [0.15, 0.2) is 0 Å². The minimum absolute atomic E-state index is 0.0949. The topological polar surface area (TPSA) is 21.3 Å². The molecular formula is C9H17NO. The summed E-state index contributed by atoms with van der Waals surface area (Å²) in [5.74, 6) is 0. The van der Waals surface area contributed by atoms with E-state index in [1.807, 2.05) is 0 Å². The van der Waals surface area contributed by atoms with Crippen molar-refractivity contribution in [2.24, 2.45) is 0 Å². The lowest BCUT2D eigenvalue weighted by atomic mass is 9.92. The summed E-state index contributed by atoms with van der Waals surface area (Å²) in [6, 6.07) is 0. The van der Waals surface area contributed by atoms with Crippen molar-refractivity contribution in [1.82, 2.24) is 5.32 Å². The van der Waals surface area contributed by atoms with Gasteiger partial charge in [0.25, 0.3) is 0 Å². The van der Waals surface area contributed by atoms with E-state index in [2.05, 4.69) is 12.2 Å². The van der Waals surface area contributed by atoms with Crippen molar-refractivity contribution < 1.29 is 4.74 Å². The lowest BCUT2D eigenvalue weighted by molar-refractivity contribution is -0.0675. The van der Waals surface area contributed by atoms with E-state index in [1.165, 1.54) is 32.1 Å². The summed E-state index contributed by atoms with van der Waals surface area (Å²) in [4.78, 5) is 0. The first-order valence-corrected chi connectivity index (χ1v) is 4.74. The molecule has 2 rings (SSSR count). The van der Waals surface area contributed by atoms with Crippen LogP contribution in [0.4, 0.5) is 0 Å². The Balaban J connectivity index is 1.98. The molecule has 0 bridgehead atoms. The van der Waals surface area contributed by atoms with E-state index in [9.17, 15) is 0 Å². The molecule has 0 aromatic heterocycles. The Morgan fingerprint density at radius 1 is 1.27 bits per heavy atom. The minimum atomic E-state index is 0.0949. The molecular weight excluding hydrogens is 138 g/mol. The molecule has 0 radical (unpaired) electrons. The van der Waals surface area contributed by atoms with Crippen LogP contribution in [-0.2, 0) is 4.74 Å². The Hall–Kier alpha value is -0.0800. The van der Waals surface area contributed by atoms with Crippen LogP contribution in [0.5, 0.6) is 0 Å². The van der Waals surface area contributed by atoms with Gasteiger partial charge in [-0.25, -0.2) is 0 Å². The Kier molecular flexibility index (Phi) is 1.90. The number of hydrogen-bond acceptors (Lipinski definition) is 2. The molecule has 2 aliphatic rings. The Morgan fingerprint density at radius 2 is 2.00 bits per heavy atom. The number of hydrogen-bond donors (Lipinski definition) is 1. The fourth-order valence-corrected chi connectivity index (χ4v) is 2.22. The second-order valence-electron chi connectivity index (χ2n) is 3.86. The van der Waals surface area contributed by atoms with Gasteiger partial charge in [-0.3, -0.25) is 5.32 Å². The predicted octanol–water partition coefficient (Wildman–Crippen LogP) is 1.66. The molecule has 0 amide bonds. The molecule has 1 heterocycles. The van der Waals surface area contributed by atoms with Crippen molar-refractivity contribution in [2.45, 2.75) is 50.9 Å². The first-order valence-electron chi connectivity index (χ1n) is 4.74. The van der Waals surface area contributed by atoms with Gasteiger partial charge in [0.1, 0.15) is 5.72 Å². The lowest BCUT2D eigenvalue weighted by Crippen LogP contribution is -2.42. The zero-order chi connectivity index (χ0) is 7.73.